The van der Waals surface area contributed by atoms with E-state index in [0.717, 1.165) is 0 Å². The highest BCUT2D eigenvalue weighted by atomic mass is 32.2. The molecule has 106 valence electrons. The number of aromatic nitrogens is 1. The third-order valence-electron chi connectivity index (χ3n) is 3.50. The Labute approximate surface area is 137 Å². The topological polar surface area (TPSA) is 3.88 Å². The van der Waals surface area contributed by atoms with E-state index in [4.69, 9.17) is 0 Å². The van der Waals surface area contributed by atoms with Crippen LogP contribution >= 0.6 is 23.1 Å². The van der Waals surface area contributed by atoms with Crippen molar-refractivity contribution in [3.05, 3.63) is 84.4 Å². The minimum atomic E-state index is 1.20. The van der Waals surface area contributed by atoms with E-state index in [1.54, 1.807) is 23.1 Å². The van der Waals surface area contributed by atoms with Crippen molar-refractivity contribution in [1.29, 1.82) is 0 Å². The van der Waals surface area contributed by atoms with Gasteiger partial charge in [0.2, 0.25) is 16.7 Å². The first-order chi connectivity index (χ1) is 10.9. The van der Waals surface area contributed by atoms with Crippen LogP contribution in [0.4, 0.5) is 0 Å². The third-order valence-corrected chi connectivity index (χ3v) is 5.43. The Balaban J connectivity index is 1.64. The van der Waals surface area contributed by atoms with E-state index < -0.39 is 0 Å². The van der Waals surface area contributed by atoms with Gasteiger partial charge in [-0.1, -0.05) is 53.4 Å². The van der Waals surface area contributed by atoms with Gasteiger partial charge in [0, 0.05) is 28.0 Å². The highest BCUT2D eigenvalue weighted by molar-refractivity contribution is 7.99. The SMILES string of the molecule is c1ccc(Sc2ccc(-[n+]3csc4ccccc43)cc2)cc1. The number of nitrogens with zero attached hydrogens (tertiary/aromatic N) is 1. The van der Waals surface area contributed by atoms with E-state index in [-0.39, 0.29) is 0 Å². The Morgan fingerprint density at radius 2 is 1.36 bits per heavy atom. The Morgan fingerprint density at radius 3 is 2.18 bits per heavy atom. The van der Waals surface area contributed by atoms with Crippen molar-refractivity contribution in [3.63, 3.8) is 0 Å². The predicted octanol–water partition coefficient (Wildman–Crippen LogP) is 5.33. The molecule has 3 heteroatoms. The van der Waals surface area contributed by atoms with Gasteiger partial charge in [-0.05, 0) is 30.3 Å². The maximum Gasteiger partial charge on any atom is 0.231 e. The van der Waals surface area contributed by atoms with Crippen LogP contribution < -0.4 is 4.57 Å². The molecule has 1 aromatic heterocycles. The first-order valence-electron chi connectivity index (χ1n) is 7.11. The Kier molecular flexibility index (Phi) is 3.67. The summed E-state index contributed by atoms with van der Waals surface area (Å²) >= 11 is 3.56. The molecule has 0 aliphatic rings. The average molecular weight is 320 g/mol. The molecule has 0 aliphatic carbocycles. The molecular weight excluding hydrogens is 306 g/mol. The number of hydrogen-bond donors (Lipinski definition) is 0. The second-order valence-corrected chi connectivity index (χ2v) is 7.00. The van der Waals surface area contributed by atoms with Crippen molar-refractivity contribution in [2.45, 2.75) is 9.79 Å². The number of fused-ring (bicyclic) bond motifs is 1. The molecule has 0 bridgehead atoms. The fraction of sp³-hybridized carbons (Fsp3) is 0. The van der Waals surface area contributed by atoms with Gasteiger partial charge in [-0.25, -0.2) is 0 Å². The second-order valence-electron chi connectivity index (χ2n) is 4.97. The van der Waals surface area contributed by atoms with Crippen molar-refractivity contribution in [2.24, 2.45) is 0 Å². The van der Waals surface area contributed by atoms with Gasteiger partial charge in [0.15, 0.2) is 0 Å². The Hall–Kier alpha value is -2.10. The second kappa shape index (κ2) is 5.95. The van der Waals surface area contributed by atoms with Crippen LogP contribution in [0.1, 0.15) is 0 Å². The summed E-state index contributed by atoms with van der Waals surface area (Å²) < 4.78 is 3.56. The highest BCUT2D eigenvalue weighted by Gasteiger charge is 2.13. The minimum absolute atomic E-state index is 1.20. The quantitative estimate of drug-likeness (QED) is 0.461. The zero-order chi connectivity index (χ0) is 14.8. The summed E-state index contributed by atoms with van der Waals surface area (Å²) in [6, 6.07) is 27.7. The molecule has 0 fully saturated rings. The smallest absolute Gasteiger partial charge is 0.150 e. The summed E-state index contributed by atoms with van der Waals surface area (Å²) in [5, 5.41) is 0. The lowest BCUT2D eigenvalue weighted by molar-refractivity contribution is -0.562. The maximum absolute atomic E-state index is 2.25. The first-order valence-corrected chi connectivity index (χ1v) is 8.81. The van der Waals surface area contributed by atoms with Crippen molar-refractivity contribution in [1.82, 2.24) is 0 Å². The summed E-state index contributed by atoms with van der Waals surface area (Å²) in [5.74, 6) is 0. The molecule has 4 aromatic rings. The van der Waals surface area contributed by atoms with Crippen LogP contribution in [0.3, 0.4) is 0 Å². The molecule has 22 heavy (non-hydrogen) atoms. The zero-order valence-electron chi connectivity index (χ0n) is 11.8. The van der Waals surface area contributed by atoms with Crippen molar-refractivity contribution in [2.75, 3.05) is 0 Å². The number of thiazole rings is 1. The number of benzene rings is 3. The van der Waals surface area contributed by atoms with Crippen molar-refractivity contribution in [3.8, 4) is 5.69 Å². The fourth-order valence-corrected chi connectivity index (χ4v) is 4.16. The minimum Gasteiger partial charge on any atom is -0.150 e. The van der Waals surface area contributed by atoms with E-state index in [9.17, 15) is 0 Å². The van der Waals surface area contributed by atoms with Crippen molar-refractivity contribution < 1.29 is 4.57 Å². The van der Waals surface area contributed by atoms with Gasteiger partial charge in [0.25, 0.3) is 0 Å². The average Bonchev–Trinajstić information content (AvgIpc) is 3.01. The predicted molar refractivity (Wildman–Crippen MR) is 93.9 cm³/mol. The normalized spacial score (nSPS) is 10.9. The van der Waals surface area contributed by atoms with Gasteiger partial charge in [-0.15, -0.1) is 4.57 Å². The Morgan fingerprint density at radius 1 is 0.682 bits per heavy atom. The summed E-state index contributed by atoms with van der Waals surface area (Å²) in [6.07, 6.45) is 0. The van der Waals surface area contributed by atoms with Crippen LogP contribution in [0.2, 0.25) is 0 Å². The summed E-state index contributed by atoms with van der Waals surface area (Å²) in [7, 11) is 0. The van der Waals surface area contributed by atoms with Crippen LogP contribution in [-0.4, -0.2) is 0 Å². The lowest BCUT2D eigenvalue weighted by Crippen LogP contribution is -2.27. The first kappa shape index (κ1) is 13.6. The summed E-state index contributed by atoms with van der Waals surface area (Å²) in [5.41, 5.74) is 4.63. The van der Waals surface area contributed by atoms with Crippen molar-refractivity contribution >= 4 is 33.3 Å². The lowest BCUT2D eigenvalue weighted by atomic mass is 10.3. The van der Waals surface area contributed by atoms with E-state index in [1.807, 2.05) is 6.07 Å². The molecule has 0 saturated heterocycles. The molecule has 1 nitrogen and oxygen atoms in total. The zero-order valence-corrected chi connectivity index (χ0v) is 13.5. The van der Waals surface area contributed by atoms with Crippen LogP contribution in [0.15, 0.2) is 94.2 Å². The molecule has 4 rings (SSSR count). The van der Waals surface area contributed by atoms with Gasteiger partial charge in [0.05, 0.1) is 0 Å². The molecule has 0 unspecified atom stereocenters. The molecule has 0 aliphatic heterocycles. The van der Waals surface area contributed by atoms with E-state index in [1.165, 1.54) is 25.7 Å². The highest BCUT2D eigenvalue weighted by Crippen LogP contribution is 2.27. The van der Waals surface area contributed by atoms with Gasteiger partial charge in [-0.2, -0.15) is 0 Å². The summed E-state index contributed by atoms with van der Waals surface area (Å²) in [6.45, 7) is 0. The molecule has 0 saturated carbocycles. The van der Waals surface area contributed by atoms with E-state index in [0.29, 0.717) is 0 Å². The van der Waals surface area contributed by atoms with Gasteiger partial charge in [0.1, 0.15) is 4.70 Å². The van der Waals surface area contributed by atoms with E-state index in [2.05, 4.69) is 82.9 Å². The van der Waals surface area contributed by atoms with Crippen LogP contribution in [-0.2, 0) is 0 Å². The van der Waals surface area contributed by atoms with Gasteiger partial charge < -0.3 is 0 Å². The Bertz CT molecular complexity index is 896. The lowest BCUT2D eigenvalue weighted by Gasteiger charge is -2.01. The molecule has 0 amide bonds. The molecule has 0 spiro atoms. The molecule has 3 aromatic carbocycles. The largest absolute Gasteiger partial charge is 0.231 e. The van der Waals surface area contributed by atoms with Crippen LogP contribution in [0, 0.1) is 0 Å². The summed E-state index contributed by atoms with van der Waals surface area (Å²) in [4.78, 5) is 2.53. The number of hydrogen-bond acceptors (Lipinski definition) is 2. The molecule has 0 radical (unpaired) electrons. The third kappa shape index (κ3) is 2.65. The van der Waals surface area contributed by atoms with Crippen LogP contribution in [0.5, 0.6) is 0 Å². The fourth-order valence-electron chi connectivity index (χ4n) is 2.42. The molecular formula is C19H14NS2+. The standard InChI is InChI=1S/C19H14NS2/c1-2-6-16(7-3-1)22-17-12-10-15(11-13-17)20-14-21-19-9-5-4-8-18(19)20/h1-14H/q+1. The molecule has 0 atom stereocenters. The van der Waals surface area contributed by atoms with Gasteiger partial charge >= 0.3 is 0 Å². The monoisotopic (exact) mass is 320 g/mol. The van der Waals surface area contributed by atoms with E-state index >= 15 is 0 Å². The number of para-hydroxylation sites is 1. The maximum atomic E-state index is 2.25. The van der Waals surface area contributed by atoms with Crippen LogP contribution in [0.25, 0.3) is 15.9 Å². The number of rotatable bonds is 3. The molecule has 1 heterocycles. The molecule has 0 N–H and O–H groups in total. The van der Waals surface area contributed by atoms with Gasteiger partial charge in [-0.3, -0.25) is 0 Å².